The molecule has 0 aromatic carbocycles. The fourth-order valence-corrected chi connectivity index (χ4v) is 1.01. The van der Waals surface area contributed by atoms with Crippen molar-refractivity contribution in [2.24, 2.45) is 0 Å². The Kier molecular flexibility index (Phi) is 1.38. The maximum absolute atomic E-state index is 5.02. The lowest BCUT2D eigenvalue weighted by atomic mass is 10.1. The molecular formula is C7H8N2O. The van der Waals surface area contributed by atoms with Crippen molar-refractivity contribution in [1.82, 2.24) is 10.5 Å². The van der Waals surface area contributed by atoms with Gasteiger partial charge in [0, 0.05) is 18.9 Å². The lowest BCUT2D eigenvalue weighted by molar-refractivity contribution is 0.0107. The molecule has 10 heavy (non-hydrogen) atoms. The van der Waals surface area contributed by atoms with Crippen molar-refractivity contribution in [1.29, 1.82) is 0 Å². The van der Waals surface area contributed by atoms with Crippen molar-refractivity contribution in [3.8, 4) is 0 Å². The van der Waals surface area contributed by atoms with Crippen LogP contribution in [0.3, 0.4) is 0 Å². The van der Waals surface area contributed by atoms with Crippen molar-refractivity contribution in [3.63, 3.8) is 0 Å². The molecule has 0 amide bonds. The summed E-state index contributed by atoms with van der Waals surface area (Å²) in [7, 11) is 0. The van der Waals surface area contributed by atoms with Crippen LogP contribution < -0.4 is 5.48 Å². The Morgan fingerprint density at radius 2 is 2.50 bits per heavy atom. The van der Waals surface area contributed by atoms with Crippen molar-refractivity contribution in [3.05, 3.63) is 29.6 Å². The van der Waals surface area contributed by atoms with Gasteiger partial charge in [-0.2, -0.15) is 5.48 Å². The van der Waals surface area contributed by atoms with Gasteiger partial charge in [-0.1, -0.05) is 0 Å². The lowest BCUT2D eigenvalue weighted by Crippen LogP contribution is -2.21. The maximum atomic E-state index is 5.02. The average Bonchev–Trinajstić information content (AvgIpc) is 2.05. The van der Waals surface area contributed by atoms with Gasteiger partial charge in [0.05, 0.1) is 6.61 Å². The van der Waals surface area contributed by atoms with E-state index in [0.717, 1.165) is 6.54 Å². The van der Waals surface area contributed by atoms with Gasteiger partial charge in [-0.25, -0.2) is 0 Å². The zero-order valence-electron chi connectivity index (χ0n) is 5.50. The first kappa shape index (κ1) is 5.82. The number of hydroxylamine groups is 1. The number of rotatable bonds is 0. The average molecular weight is 136 g/mol. The van der Waals surface area contributed by atoms with Gasteiger partial charge in [0.15, 0.2) is 0 Å². The van der Waals surface area contributed by atoms with E-state index in [0.29, 0.717) is 6.61 Å². The molecule has 0 spiro atoms. The van der Waals surface area contributed by atoms with Crippen LogP contribution in [0.2, 0.25) is 0 Å². The molecule has 1 aliphatic heterocycles. The predicted molar refractivity (Wildman–Crippen MR) is 35.9 cm³/mol. The van der Waals surface area contributed by atoms with E-state index in [1.807, 2.05) is 12.3 Å². The summed E-state index contributed by atoms with van der Waals surface area (Å²) in [5.41, 5.74) is 5.26. The van der Waals surface area contributed by atoms with Crippen molar-refractivity contribution in [2.45, 2.75) is 13.2 Å². The molecule has 1 N–H and O–H groups in total. The SMILES string of the molecule is c1cc2c(cn1)CNOC2. The van der Waals surface area contributed by atoms with E-state index < -0.39 is 0 Å². The van der Waals surface area contributed by atoms with Gasteiger partial charge in [0.1, 0.15) is 0 Å². The van der Waals surface area contributed by atoms with Crippen LogP contribution in [0, 0.1) is 0 Å². The molecule has 1 aromatic rings. The Morgan fingerprint density at radius 3 is 3.40 bits per heavy atom. The summed E-state index contributed by atoms with van der Waals surface area (Å²) in [5.74, 6) is 0. The molecule has 1 aromatic heterocycles. The van der Waals surface area contributed by atoms with Crippen LogP contribution in [-0.4, -0.2) is 4.98 Å². The molecule has 1 aliphatic rings. The quantitative estimate of drug-likeness (QED) is 0.567. The second kappa shape index (κ2) is 2.36. The van der Waals surface area contributed by atoms with E-state index in [2.05, 4.69) is 10.5 Å². The number of aromatic nitrogens is 1. The Morgan fingerprint density at radius 1 is 1.50 bits per heavy atom. The third-order valence-electron chi connectivity index (χ3n) is 1.60. The monoisotopic (exact) mass is 136 g/mol. The highest BCUT2D eigenvalue weighted by Gasteiger charge is 2.06. The number of nitrogens with one attached hydrogen (secondary N) is 1. The van der Waals surface area contributed by atoms with Crippen LogP contribution in [0.4, 0.5) is 0 Å². The highest BCUT2D eigenvalue weighted by atomic mass is 16.6. The fourth-order valence-electron chi connectivity index (χ4n) is 1.01. The number of fused-ring (bicyclic) bond motifs is 1. The molecule has 2 heterocycles. The van der Waals surface area contributed by atoms with Crippen molar-refractivity contribution >= 4 is 0 Å². The highest BCUT2D eigenvalue weighted by Crippen LogP contribution is 2.10. The number of pyridine rings is 1. The third kappa shape index (κ3) is 0.894. The Labute approximate surface area is 59.0 Å². The van der Waals surface area contributed by atoms with Gasteiger partial charge >= 0.3 is 0 Å². The molecule has 0 fully saturated rings. The highest BCUT2D eigenvalue weighted by molar-refractivity contribution is 5.22. The summed E-state index contributed by atoms with van der Waals surface area (Å²) in [6.45, 7) is 1.42. The Bertz CT molecular complexity index is 212. The Balaban J connectivity index is 2.41. The molecular weight excluding hydrogens is 128 g/mol. The van der Waals surface area contributed by atoms with Gasteiger partial charge in [-0.15, -0.1) is 0 Å². The first-order valence-electron chi connectivity index (χ1n) is 3.23. The molecule has 3 nitrogen and oxygen atoms in total. The zero-order valence-corrected chi connectivity index (χ0v) is 5.50. The fraction of sp³-hybridized carbons (Fsp3) is 0.286. The molecule has 0 unspecified atom stereocenters. The van der Waals surface area contributed by atoms with Gasteiger partial charge in [0.25, 0.3) is 0 Å². The molecule has 0 radical (unpaired) electrons. The van der Waals surface area contributed by atoms with Gasteiger partial charge in [-0.05, 0) is 17.2 Å². The predicted octanol–water partition coefficient (Wildman–Crippen LogP) is 0.616. The van der Waals surface area contributed by atoms with Gasteiger partial charge in [0.2, 0.25) is 0 Å². The molecule has 52 valence electrons. The molecule has 0 saturated carbocycles. The number of hydrogen-bond donors (Lipinski definition) is 1. The standard InChI is InChI=1S/C7H8N2O/c1-2-8-3-7-4-9-10-5-6(1)7/h1-3,9H,4-5H2. The third-order valence-corrected chi connectivity index (χ3v) is 1.60. The van der Waals surface area contributed by atoms with Crippen LogP contribution in [0.5, 0.6) is 0 Å². The summed E-state index contributed by atoms with van der Waals surface area (Å²) in [6, 6.07) is 1.98. The largest absolute Gasteiger partial charge is 0.297 e. The summed E-state index contributed by atoms with van der Waals surface area (Å²) in [6.07, 6.45) is 3.65. The first-order valence-corrected chi connectivity index (χ1v) is 3.23. The molecule has 0 atom stereocenters. The number of hydrogen-bond acceptors (Lipinski definition) is 3. The summed E-state index contributed by atoms with van der Waals surface area (Å²) >= 11 is 0. The van der Waals surface area contributed by atoms with Gasteiger partial charge < -0.3 is 0 Å². The van der Waals surface area contributed by atoms with E-state index in [-0.39, 0.29) is 0 Å². The van der Waals surface area contributed by atoms with Crippen LogP contribution >= 0.6 is 0 Å². The molecule has 0 saturated heterocycles. The van der Waals surface area contributed by atoms with E-state index in [1.165, 1.54) is 11.1 Å². The van der Waals surface area contributed by atoms with Crippen LogP contribution in [0.25, 0.3) is 0 Å². The Hall–Kier alpha value is -0.930. The summed E-state index contributed by atoms with van der Waals surface area (Å²) < 4.78 is 0. The second-order valence-corrected chi connectivity index (χ2v) is 2.25. The van der Waals surface area contributed by atoms with Crippen LogP contribution in [0.1, 0.15) is 11.1 Å². The second-order valence-electron chi connectivity index (χ2n) is 2.25. The number of nitrogens with zero attached hydrogens (tertiary/aromatic N) is 1. The molecule has 0 bridgehead atoms. The van der Waals surface area contributed by atoms with Gasteiger partial charge in [-0.3, -0.25) is 9.82 Å². The maximum Gasteiger partial charge on any atom is 0.0937 e. The van der Waals surface area contributed by atoms with E-state index in [4.69, 9.17) is 4.84 Å². The normalized spacial score (nSPS) is 16.4. The topological polar surface area (TPSA) is 34.2 Å². The minimum absolute atomic E-state index is 0.651. The van der Waals surface area contributed by atoms with Crippen molar-refractivity contribution < 1.29 is 4.84 Å². The summed E-state index contributed by atoms with van der Waals surface area (Å²) in [5, 5.41) is 0. The summed E-state index contributed by atoms with van der Waals surface area (Å²) in [4.78, 5) is 9.02. The van der Waals surface area contributed by atoms with Crippen LogP contribution in [-0.2, 0) is 18.0 Å². The molecule has 2 rings (SSSR count). The minimum Gasteiger partial charge on any atom is -0.297 e. The van der Waals surface area contributed by atoms with E-state index in [9.17, 15) is 0 Å². The smallest absolute Gasteiger partial charge is 0.0937 e. The molecule has 3 heteroatoms. The minimum atomic E-state index is 0.651. The lowest BCUT2D eigenvalue weighted by Gasteiger charge is -2.15. The first-order chi connectivity index (χ1) is 4.97. The van der Waals surface area contributed by atoms with Crippen molar-refractivity contribution in [2.75, 3.05) is 0 Å². The van der Waals surface area contributed by atoms with E-state index >= 15 is 0 Å². The van der Waals surface area contributed by atoms with Crippen LogP contribution in [0.15, 0.2) is 18.5 Å². The molecule has 0 aliphatic carbocycles. The van der Waals surface area contributed by atoms with E-state index in [1.54, 1.807) is 6.20 Å². The zero-order chi connectivity index (χ0) is 6.81.